The number of aromatic nitrogens is 8. The number of benzene rings is 8. The summed E-state index contributed by atoms with van der Waals surface area (Å²) in [6.45, 7) is 23.3. The molecule has 0 saturated heterocycles. The number of nitrogens with one attached hydrogen (secondary N) is 2. The van der Waals surface area contributed by atoms with Gasteiger partial charge in [0.2, 0.25) is 0 Å². The second kappa shape index (κ2) is 47.5. The van der Waals surface area contributed by atoms with E-state index in [9.17, 15) is 60.3 Å². The second-order valence-corrected chi connectivity index (χ2v) is 37.1. The van der Waals surface area contributed by atoms with Crippen molar-refractivity contribution in [3.05, 3.63) is 302 Å². The molecule has 4 unspecified atom stereocenters. The normalized spacial score (nSPS) is 15.3. The predicted octanol–water partition coefficient (Wildman–Crippen LogP) is 18.0. The maximum absolute atomic E-state index is 13.4. The third-order valence-corrected chi connectivity index (χ3v) is 21.8. The van der Waals surface area contributed by atoms with Gasteiger partial charge in [-0.1, -0.05) is 71.6 Å². The van der Waals surface area contributed by atoms with Crippen molar-refractivity contribution in [3.63, 3.8) is 0 Å². The number of alkyl halides is 1. The number of fused-ring (bicyclic) bond motifs is 8. The van der Waals surface area contributed by atoms with E-state index in [1.165, 1.54) is 48.5 Å². The van der Waals surface area contributed by atoms with Crippen molar-refractivity contribution in [1.82, 2.24) is 53.7 Å². The fraction of sp³-hybridized carbons (Fsp3) is 0.364. The number of aryl methyl sites for hydroxylation is 4. The summed E-state index contributed by atoms with van der Waals surface area (Å²) in [7, 11) is 2.70. The maximum Gasteiger partial charge on any atom is 0.519 e. The van der Waals surface area contributed by atoms with Crippen LogP contribution in [-0.2, 0) is 75.5 Å². The van der Waals surface area contributed by atoms with Crippen molar-refractivity contribution in [1.29, 1.82) is 0 Å². The smallest absolute Gasteiger partial charge is 0.444 e. The summed E-state index contributed by atoms with van der Waals surface area (Å²) in [6, 6.07) is 46.3. The lowest BCUT2D eigenvalue weighted by atomic mass is 10.1. The standard InChI is InChI=1S/C27H28FN3O3.C26H26FN3O3.C22H20FN3O.C21H18FN3O.C10H18O5.CH3F.ClH/c1-27(2,3)34-26(33)30(4)21-11-13-24-29-23-17-19(9-8-18-6-5-7-20(28)16-18)10-12-22(23)25(32)31(24)15-14-21;1-26(2,3)33-25(32)28-20-10-12-23-29-22-16-18(8-7-17-5-4-6-19(27)15-17)9-11-21(22)24(31)30(23)14-13-20;1-24-18-8-10-21-25-20-14-16(6-5-15-3-2-4-17(23)13-15)7-9-19(20)22(27)26(21)12-11-18;22-16-3-1-2-14(12-16)4-5-15-6-8-18-19(13-15)24-20-9-7-17(23)10-11-25(20)21(18)26;1-9(2,3)14-7(11)13-8(12)15-10(4,5)6;1-2;/h5-7,10,12,16-17,21H,11,13-15H2,1-4H3;4-6,9,11,15-16,20H,10,12-14H2,1-3H3,(H,28,32);2-4,7,9,13-14,18,24H,8,10-12H2,1H3;1-3,6,8,12-13,17H,7,9-11,23H2;1-6H3;1H3;1H/i;;;;;1D;. The van der Waals surface area contributed by atoms with Crippen molar-refractivity contribution in [2.45, 2.75) is 233 Å². The minimum absolute atomic E-state index is 0. The van der Waals surface area contributed by atoms with Crippen LogP contribution in [0.1, 0.15) is 204 Å². The van der Waals surface area contributed by atoms with Gasteiger partial charge in [-0.3, -0.25) is 41.8 Å². The Labute approximate surface area is 805 Å². The van der Waals surface area contributed by atoms with E-state index in [4.69, 9.17) is 41.0 Å². The number of hydrogen-bond acceptors (Lipinski definition) is 19. The molecule has 4 aliphatic heterocycles. The summed E-state index contributed by atoms with van der Waals surface area (Å²) in [5, 5.41) is 8.45. The van der Waals surface area contributed by atoms with Gasteiger partial charge in [-0.15, -0.1) is 12.4 Å². The Morgan fingerprint density at radius 3 is 0.993 bits per heavy atom. The molecule has 4 aromatic heterocycles. The van der Waals surface area contributed by atoms with Crippen molar-refractivity contribution in [2.24, 2.45) is 5.73 Å². The third kappa shape index (κ3) is 30.9. The highest BCUT2D eigenvalue weighted by atomic mass is 35.5. The zero-order chi connectivity index (χ0) is 99.9. The maximum atomic E-state index is 13.4. The molecule has 4 atom stereocenters. The molecule has 138 heavy (non-hydrogen) atoms. The molecule has 0 aliphatic carbocycles. The van der Waals surface area contributed by atoms with Gasteiger partial charge in [0.25, 0.3) is 22.2 Å². The predicted molar refractivity (Wildman–Crippen MR) is 525 cm³/mol. The number of carbonyl (C=O) groups excluding carboxylic acids is 4. The van der Waals surface area contributed by atoms with Gasteiger partial charge in [0.05, 0.1) is 52.1 Å². The molecule has 0 radical (unpaired) electrons. The molecule has 0 saturated carbocycles. The number of carbonyl (C=O) groups is 4. The van der Waals surface area contributed by atoms with Crippen LogP contribution in [-0.4, -0.2) is 135 Å². The zero-order valence-electron chi connectivity index (χ0n) is 80.7. The van der Waals surface area contributed by atoms with Crippen molar-refractivity contribution >= 4 is 80.5 Å². The summed E-state index contributed by atoms with van der Waals surface area (Å²) in [4.78, 5) is 119. The highest BCUT2D eigenvalue weighted by Gasteiger charge is 2.31. The van der Waals surface area contributed by atoms with Crippen LogP contribution in [0.25, 0.3) is 43.6 Å². The molecular formula is C107H114ClF5N12O13. The van der Waals surface area contributed by atoms with Gasteiger partial charge >= 0.3 is 24.5 Å². The molecule has 2 amide bonds. The van der Waals surface area contributed by atoms with E-state index in [-0.39, 0.29) is 82.1 Å². The fourth-order valence-corrected chi connectivity index (χ4v) is 15.2. The van der Waals surface area contributed by atoms with E-state index in [1.807, 2.05) is 66.8 Å². The Kier molecular flexibility index (Phi) is 35.8. The van der Waals surface area contributed by atoms with Gasteiger partial charge in [-0.05, 0) is 287 Å². The second-order valence-electron chi connectivity index (χ2n) is 37.1. The molecule has 16 rings (SSSR count). The largest absolute Gasteiger partial charge is 0.519 e. The van der Waals surface area contributed by atoms with E-state index < -0.39 is 48.0 Å². The van der Waals surface area contributed by atoms with Crippen molar-refractivity contribution in [2.75, 3.05) is 21.2 Å². The van der Waals surface area contributed by atoms with Gasteiger partial charge in [0.1, 0.15) is 69.0 Å². The third-order valence-electron chi connectivity index (χ3n) is 21.8. The monoisotopic (exact) mass is 1910 g/mol. The Morgan fingerprint density at radius 2 is 0.681 bits per heavy atom. The van der Waals surface area contributed by atoms with Crippen LogP contribution in [0.2, 0.25) is 0 Å². The number of halogens is 6. The molecular weight excluding hydrogens is 1790 g/mol. The van der Waals surface area contributed by atoms with Crippen LogP contribution >= 0.6 is 12.4 Å². The number of amides is 2. The Morgan fingerprint density at radius 1 is 0.399 bits per heavy atom. The molecule has 8 heterocycles. The summed E-state index contributed by atoms with van der Waals surface area (Å²) in [5.41, 5.74) is 11.0. The van der Waals surface area contributed by atoms with Crippen LogP contribution in [0, 0.1) is 70.6 Å². The lowest BCUT2D eigenvalue weighted by molar-refractivity contribution is -0.0295. The van der Waals surface area contributed by atoms with Crippen LogP contribution < -0.4 is 38.6 Å². The van der Waals surface area contributed by atoms with E-state index >= 15 is 0 Å². The van der Waals surface area contributed by atoms with Gasteiger partial charge in [-0.2, -0.15) is 0 Å². The van der Waals surface area contributed by atoms with Gasteiger partial charge in [0.15, 0.2) is 0 Å². The first-order valence-corrected chi connectivity index (χ1v) is 45.0. The molecule has 0 fully saturated rings. The van der Waals surface area contributed by atoms with Crippen LogP contribution in [0.3, 0.4) is 0 Å². The molecule has 722 valence electrons. The average molecular weight is 1910 g/mol. The first-order valence-electron chi connectivity index (χ1n) is 45.8. The number of nitrogens with two attached hydrogens (primary N) is 1. The van der Waals surface area contributed by atoms with E-state index in [0.29, 0.717) is 166 Å². The topological polar surface area (TPSA) is 307 Å². The fourth-order valence-electron chi connectivity index (χ4n) is 15.2. The molecule has 4 N–H and O–H groups in total. The minimum Gasteiger partial charge on any atom is -0.444 e. The first kappa shape index (κ1) is 104. The number of alkyl carbamates (subject to hydrolysis) is 1. The minimum atomic E-state index is -1.06. The Balaban J connectivity index is 0.000000181. The van der Waals surface area contributed by atoms with E-state index in [2.05, 4.69) is 67.7 Å². The molecule has 0 bridgehead atoms. The van der Waals surface area contributed by atoms with Crippen molar-refractivity contribution in [3.8, 4) is 47.4 Å². The molecule has 31 heteroatoms. The number of nitrogens with zero attached hydrogens (tertiary/aromatic N) is 9. The molecule has 0 spiro atoms. The van der Waals surface area contributed by atoms with Crippen molar-refractivity contribution < 1.29 is 66.2 Å². The van der Waals surface area contributed by atoms with Crippen LogP contribution in [0.5, 0.6) is 0 Å². The number of hydrogen-bond donors (Lipinski definition) is 3. The molecule has 4 aliphatic rings. The summed E-state index contributed by atoms with van der Waals surface area (Å²) in [5.74, 6) is 25.6. The zero-order valence-corrected chi connectivity index (χ0v) is 80.5. The Hall–Kier alpha value is -14.3. The SMILES string of the molecule is CC(C)(C)OC(=O)NC1CCc2nc3cc(C#Cc4cccc(F)c4)ccc3c(=O)n2CC1.CC(C)(C)OC(=O)OC(=O)OC(C)(C)C.CN(C(=O)OC(C)(C)C)C1CCc2nc3cc(C#Cc4cccc(F)c4)ccc3c(=O)n2CC1.CNC1CCc2nc3cc(C#Cc4cccc(F)c4)ccc3c(=O)n2CC1.Cl.NC1CCc2nc3cc(C#Cc4cccc(F)c4)ccc3c(=O)n2CC1.[2H]CF. The lowest BCUT2D eigenvalue weighted by Gasteiger charge is -2.30. The first-order chi connectivity index (χ1) is 65.4. The van der Waals surface area contributed by atoms with Crippen LogP contribution in [0.15, 0.2) is 189 Å². The summed E-state index contributed by atoms with van der Waals surface area (Å²) >= 11 is 0. The summed E-state index contributed by atoms with van der Waals surface area (Å²) < 4.78 is 100. The van der Waals surface area contributed by atoms with E-state index in [1.54, 1.807) is 175 Å². The molecule has 25 nitrogen and oxygen atoms in total. The van der Waals surface area contributed by atoms with Gasteiger partial charge in [0, 0.05) is 128 Å². The summed E-state index contributed by atoms with van der Waals surface area (Å²) in [6.07, 6.45) is 5.80. The number of rotatable bonds is 3. The Bertz CT molecular complexity index is 7030. The molecule has 8 aromatic carbocycles. The molecule has 12 aromatic rings. The highest BCUT2D eigenvalue weighted by molar-refractivity contribution is 5.86. The van der Waals surface area contributed by atoms with Crippen LogP contribution in [0.4, 0.5) is 41.1 Å². The van der Waals surface area contributed by atoms with E-state index in [0.717, 1.165) is 54.9 Å². The van der Waals surface area contributed by atoms with Gasteiger partial charge < -0.3 is 45.0 Å². The quantitative estimate of drug-likeness (QED) is 0.0486. The van der Waals surface area contributed by atoms with Gasteiger partial charge in [-0.25, -0.2) is 56.7 Å². The highest BCUT2D eigenvalue weighted by Crippen LogP contribution is 2.26. The lowest BCUT2D eigenvalue weighted by Crippen LogP contribution is -2.41. The number of ether oxygens (including phenoxy) is 5. The average Bonchev–Trinajstić information content (AvgIpc) is 1.67.